The number of hydrogen-bond acceptors (Lipinski definition) is 1. The van der Waals surface area contributed by atoms with E-state index in [4.69, 9.17) is 0 Å². The molecule has 2 aliphatic carbocycles. The van der Waals surface area contributed by atoms with Crippen LogP contribution in [0.5, 0.6) is 0 Å². The van der Waals surface area contributed by atoms with E-state index in [-0.39, 0.29) is 0 Å². The Kier molecular flexibility index (Phi) is 4.05. The fourth-order valence-electron chi connectivity index (χ4n) is 2.92. The summed E-state index contributed by atoms with van der Waals surface area (Å²) >= 11 is 3.55. The van der Waals surface area contributed by atoms with Crippen LogP contribution in [0.1, 0.15) is 50.0 Å². The Hall–Kier alpha value is -0.340. The number of hydrogen-bond donors (Lipinski definition) is 1. The molecule has 3 rings (SSSR count). The molecule has 2 fully saturated rings. The molecular formula is C16H22BrN. The molecule has 0 bridgehead atoms. The molecule has 0 amide bonds. The van der Waals surface area contributed by atoms with Crippen LogP contribution < -0.4 is 5.32 Å². The van der Waals surface area contributed by atoms with Gasteiger partial charge in [-0.15, -0.1) is 0 Å². The molecule has 0 radical (unpaired) electrons. The van der Waals surface area contributed by atoms with Gasteiger partial charge >= 0.3 is 0 Å². The Morgan fingerprint density at radius 3 is 2.78 bits per heavy atom. The quantitative estimate of drug-likeness (QED) is 0.764. The van der Waals surface area contributed by atoms with Gasteiger partial charge in [0.25, 0.3) is 0 Å². The zero-order valence-corrected chi connectivity index (χ0v) is 12.5. The number of halogens is 1. The average Bonchev–Trinajstić information content (AvgIpc) is 3.10. The lowest BCUT2D eigenvalue weighted by Gasteiger charge is -2.36. The van der Waals surface area contributed by atoms with Crippen LogP contribution in [0, 0.1) is 5.92 Å². The van der Waals surface area contributed by atoms with Crippen LogP contribution in [-0.4, -0.2) is 12.6 Å². The van der Waals surface area contributed by atoms with Gasteiger partial charge in [0.05, 0.1) is 0 Å². The standard InChI is InChI=1S/C16H22BrN/c17-15-5-1-4-13(9-15)14-10-16(11-14)18-8-2-3-12-6-7-12/h1,4-5,9,12,14,16,18H,2-3,6-8,10-11H2. The lowest BCUT2D eigenvalue weighted by Crippen LogP contribution is -2.40. The van der Waals surface area contributed by atoms with Crippen LogP contribution in [0.3, 0.4) is 0 Å². The molecule has 0 saturated heterocycles. The van der Waals surface area contributed by atoms with Gasteiger partial charge in [-0.05, 0) is 61.8 Å². The zero-order chi connectivity index (χ0) is 12.4. The Bertz CT molecular complexity index is 394. The summed E-state index contributed by atoms with van der Waals surface area (Å²) in [4.78, 5) is 0. The molecule has 18 heavy (non-hydrogen) atoms. The molecule has 0 unspecified atom stereocenters. The zero-order valence-electron chi connectivity index (χ0n) is 10.9. The topological polar surface area (TPSA) is 12.0 Å². The van der Waals surface area contributed by atoms with Crippen molar-refractivity contribution in [3.8, 4) is 0 Å². The van der Waals surface area contributed by atoms with E-state index in [2.05, 4.69) is 45.5 Å². The minimum Gasteiger partial charge on any atom is -0.314 e. The first-order valence-corrected chi connectivity index (χ1v) is 8.09. The molecule has 1 nitrogen and oxygen atoms in total. The Morgan fingerprint density at radius 2 is 2.06 bits per heavy atom. The minimum absolute atomic E-state index is 0.771. The molecule has 2 aliphatic rings. The first kappa shape index (κ1) is 12.7. The van der Waals surface area contributed by atoms with E-state index in [1.165, 1.54) is 55.1 Å². The normalized spacial score (nSPS) is 26.9. The lowest BCUT2D eigenvalue weighted by atomic mass is 9.76. The summed E-state index contributed by atoms with van der Waals surface area (Å²) in [6.45, 7) is 1.23. The maximum Gasteiger partial charge on any atom is 0.0178 e. The highest BCUT2D eigenvalue weighted by molar-refractivity contribution is 9.10. The van der Waals surface area contributed by atoms with Crippen LogP contribution in [0.4, 0.5) is 0 Å². The van der Waals surface area contributed by atoms with E-state index in [1.54, 1.807) is 0 Å². The summed E-state index contributed by atoms with van der Waals surface area (Å²) in [5.41, 5.74) is 1.50. The Labute approximate surface area is 118 Å². The van der Waals surface area contributed by atoms with Gasteiger partial charge < -0.3 is 5.32 Å². The number of rotatable bonds is 6. The fourth-order valence-corrected chi connectivity index (χ4v) is 3.34. The molecule has 1 N–H and O–H groups in total. The Morgan fingerprint density at radius 1 is 1.22 bits per heavy atom. The van der Waals surface area contributed by atoms with Gasteiger partial charge in [-0.1, -0.05) is 40.9 Å². The summed E-state index contributed by atoms with van der Waals surface area (Å²) in [6.07, 6.45) is 8.46. The fraction of sp³-hybridized carbons (Fsp3) is 0.625. The monoisotopic (exact) mass is 307 g/mol. The minimum atomic E-state index is 0.771. The maximum atomic E-state index is 3.70. The van der Waals surface area contributed by atoms with Gasteiger partial charge in [0, 0.05) is 10.5 Å². The van der Waals surface area contributed by atoms with E-state index in [1.807, 2.05) is 0 Å². The first-order chi connectivity index (χ1) is 8.81. The van der Waals surface area contributed by atoms with Gasteiger partial charge in [-0.25, -0.2) is 0 Å². The molecule has 0 spiro atoms. The van der Waals surface area contributed by atoms with Crippen molar-refractivity contribution < 1.29 is 0 Å². The molecule has 1 aromatic carbocycles. The lowest BCUT2D eigenvalue weighted by molar-refractivity contribution is 0.289. The highest BCUT2D eigenvalue weighted by atomic mass is 79.9. The second-order valence-corrected chi connectivity index (χ2v) is 6.88. The van der Waals surface area contributed by atoms with Crippen molar-refractivity contribution in [2.45, 2.75) is 50.5 Å². The molecular weight excluding hydrogens is 286 g/mol. The second kappa shape index (κ2) is 5.75. The van der Waals surface area contributed by atoms with Gasteiger partial charge in [-0.2, -0.15) is 0 Å². The van der Waals surface area contributed by atoms with Crippen molar-refractivity contribution in [1.29, 1.82) is 0 Å². The van der Waals surface area contributed by atoms with Crippen molar-refractivity contribution in [1.82, 2.24) is 5.32 Å². The molecule has 0 heterocycles. The number of nitrogens with one attached hydrogen (secondary N) is 1. The SMILES string of the molecule is Brc1cccc(C2CC(NCCCC3CC3)C2)c1. The third-order valence-electron chi connectivity index (χ3n) is 4.38. The van der Waals surface area contributed by atoms with E-state index in [0.717, 1.165) is 17.9 Å². The first-order valence-electron chi connectivity index (χ1n) is 7.30. The van der Waals surface area contributed by atoms with Crippen LogP contribution in [0.25, 0.3) is 0 Å². The Balaban J connectivity index is 1.34. The molecule has 0 aliphatic heterocycles. The average molecular weight is 308 g/mol. The molecule has 2 heteroatoms. The molecule has 1 aromatic rings. The largest absolute Gasteiger partial charge is 0.314 e. The highest BCUT2D eigenvalue weighted by Crippen LogP contribution is 2.38. The van der Waals surface area contributed by atoms with Crippen LogP contribution in [0.2, 0.25) is 0 Å². The third kappa shape index (κ3) is 3.36. The predicted molar refractivity (Wildman–Crippen MR) is 79.9 cm³/mol. The summed E-state index contributed by atoms with van der Waals surface area (Å²) in [5.74, 6) is 1.87. The smallest absolute Gasteiger partial charge is 0.0178 e. The summed E-state index contributed by atoms with van der Waals surface area (Å²) < 4.78 is 1.21. The number of benzene rings is 1. The highest BCUT2D eigenvalue weighted by Gasteiger charge is 2.29. The molecule has 2 saturated carbocycles. The van der Waals surface area contributed by atoms with E-state index in [9.17, 15) is 0 Å². The van der Waals surface area contributed by atoms with Crippen molar-refractivity contribution in [2.24, 2.45) is 5.92 Å². The van der Waals surface area contributed by atoms with E-state index >= 15 is 0 Å². The second-order valence-electron chi connectivity index (χ2n) is 5.96. The summed E-state index contributed by atoms with van der Waals surface area (Å²) in [7, 11) is 0. The summed E-state index contributed by atoms with van der Waals surface area (Å²) in [6, 6.07) is 9.56. The van der Waals surface area contributed by atoms with Crippen LogP contribution in [0.15, 0.2) is 28.7 Å². The van der Waals surface area contributed by atoms with Crippen molar-refractivity contribution in [3.05, 3.63) is 34.3 Å². The van der Waals surface area contributed by atoms with Gasteiger partial charge in [0.2, 0.25) is 0 Å². The van der Waals surface area contributed by atoms with Gasteiger partial charge in [0.15, 0.2) is 0 Å². The predicted octanol–water partition coefficient (Wildman–Crippen LogP) is 4.47. The van der Waals surface area contributed by atoms with Crippen molar-refractivity contribution in [2.75, 3.05) is 6.54 Å². The van der Waals surface area contributed by atoms with Gasteiger partial charge in [0.1, 0.15) is 0 Å². The molecule has 0 aromatic heterocycles. The molecule has 0 atom stereocenters. The van der Waals surface area contributed by atoms with Crippen molar-refractivity contribution in [3.63, 3.8) is 0 Å². The van der Waals surface area contributed by atoms with Crippen LogP contribution in [-0.2, 0) is 0 Å². The summed E-state index contributed by atoms with van der Waals surface area (Å²) in [5, 5.41) is 3.70. The molecule has 98 valence electrons. The van der Waals surface area contributed by atoms with E-state index in [0.29, 0.717) is 0 Å². The third-order valence-corrected chi connectivity index (χ3v) is 4.87. The van der Waals surface area contributed by atoms with E-state index < -0.39 is 0 Å². The maximum absolute atomic E-state index is 3.70. The van der Waals surface area contributed by atoms with Crippen LogP contribution >= 0.6 is 15.9 Å². The van der Waals surface area contributed by atoms with Gasteiger partial charge in [-0.3, -0.25) is 0 Å². The van der Waals surface area contributed by atoms with Crippen molar-refractivity contribution >= 4 is 15.9 Å².